The van der Waals surface area contributed by atoms with Crippen molar-refractivity contribution >= 4 is 11.6 Å². The molecule has 6 nitrogen and oxygen atoms in total. The molecule has 0 saturated carbocycles. The number of nitrogens with one attached hydrogen (secondary N) is 2. The van der Waals surface area contributed by atoms with E-state index in [9.17, 15) is 4.79 Å². The molecule has 2 heterocycles. The van der Waals surface area contributed by atoms with Crippen LogP contribution < -0.4 is 20.3 Å². The summed E-state index contributed by atoms with van der Waals surface area (Å²) in [6.45, 7) is 2.35. The Morgan fingerprint density at radius 3 is 3.00 bits per heavy atom. The van der Waals surface area contributed by atoms with Gasteiger partial charge >= 0.3 is 0 Å². The van der Waals surface area contributed by atoms with Crippen molar-refractivity contribution < 1.29 is 9.47 Å². The first kappa shape index (κ1) is 13.5. The number of benzene rings is 1. The third kappa shape index (κ3) is 3.16. The average molecular weight is 287 g/mol. The van der Waals surface area contributed by atoms with Crippen LogP contribution in [-0.2, 0) is 6.42 Å². The number of ether oxygens (including phenoxy) is 2. The van der Waals surface area contributed by atoms with Gasteiger partial charge in [-0.3, -0.25) is 9.78 Å². The number of aromatic amines is 1. The molecule has 0 aliphatic carbocycles. The predicted octanol–water partition coefficient (Wildman–Crippen LogP) is 2.58. The van der Waals surface area contributed by atoms with Crippen LogP contribution in [0.1, 0.15) is 25.5 Å². The molecule has 0 bridgehead atoms. The Labute approximate surface area is 122 Å². The molecule has 0 amide bonds. The van der Waals surface area contributed by atoms with Gasteiger partial charge in [0.05, 0.1) is 0 Å². The topological polar surface area (TPSA) is 76.2 Å². The monoisotopic (exact) mass is 287 g/mol. The largest absolute Gasteiger partial charge is 0.454 e. The Bertz CT molecular complexity index is 697. The van der Waals surface area contributed by atoms with Crippen molar-refractivity contribution in [2.24, 2.45) is 0 Å². The summed E-state index contributed by atoms with van der Waals surface area (Å²) in [5.41, 5.74) is 1.43. The first-order valence-electron chi connectivity index (χ1n) is 7.01. The minimum absolute atomic E-state index is 0.153. The quantitative estimate of drug-likeness (QED) is 0.884. The SMILES string of the molecule is CCCCc1cc(=O)[nH]c(Nc2ccc3c(c2)OCO3)n1. The molecule has 1 aliphatic heterocycles. The molecule has 2 aromatic rings. The fraction of sp³-hybridized carbons (Fsp3) is 0.333. The number of unbranched alkanes of at least 4 members (excludes halogenated alkanes) is 1. The van der Waals surface area contributed by atoms with Crippen molar-refractivity contribution in [3.63, 3.8) is 0 Å². The van der Waals surface area contributed by atoms with Crippen LogP contribution in [0.3, 0.4) is 0 Å². The zero-order valence-electron chi connectivity index (χ0n) is 11.8. The van der Waals surface area contributed by atoms with E-state index in [1.165, 1.54) is 0 Å². The van der Waals surface area contributed by atoms with Gasteiger partial charge in [0.25, 0.3) is 5.56 Å². The van der Waals surface area contributed by atoms with E-state index in [1.807, 2.05) is 18.2 Å². The van der Waals surface area contributed by atoms with Crippen molar-refractivity contribution in [3.8, 4) is 11.5 Å². The summed E-state index contributed by atoms with van der Waals surface area (Å²) in [7, 11) is 0. The predicted molar refractivity (Wildman–Crippen MR) is 79.3 cm³/mol. The molecule has 0 atom stereocenters. The lowest BCUT2D eigenvalue weighted by atomic mass is 10.2. The summed E-state index contributed by atoms with van der Waals surface area (Å²) < 4.78 is 10.6. The minimum atomic E-state index is -0.153. The number of hydrogen-bond acceptors (Lipinski definition) is 5. The second-order valence-electron chi connectivity index (χ2n) is 4.88. The Morgan fingerprint density at radius 2 is 2.14 bits per heavy atom. The summed E-state index contributed by atoms with van der Waals surface area (Å²) >= 11 is 0. The van der Waals surface area contributed by atoms with Gasteiger partial charge in [0.15, 0.2) is 11.5 Å². The Morgan fingerprint density at radius 1 is 1.29 bits per heavy atom. The highest BCUT2D eigenvalue weighted by molar-refractivity contribution is 5.60. The molecule has 3 rings (SSSR count). The lowest BCUT2D eigenvalue weighted by Gasteiger charge is -2.07. The van der Waals surface area contributed by atoms with Crippen molar-refractivity contribution in [1.82, 2.24) is 9.97 Å². The van der Waals surface area contributed by atoms with Crippen LogP contribution in [0.4, 0.5) is 11.6 Å². The molecule has 6 heteroatoms. The van der Waals surface area contributed by atoms with Crippen LogP contribution in [0.15, 0.2) is 29.1 Å². The Hall–Kier alpha value is -2.50. The number of hydrogen-bond donors (Lipinski definition) is 2. The summed E-state index contributed by atoms with van der Waals surface area (Å²) in [5.74, 6) is 1.84. The van der Waals surface area contributed by atoms with Crippen LogP contribution in [-0.4, -0.2) is 16.8 Å². The lowest BCUT2D eigenvalue weighted by Crippen LogP contribution is -2.12. The molecule has 0 unspecified atom stereocenters. The van der Waals surface area contributed by atoms with Crippen molar-refractivity contribution in [2.45, 2.75) is 26.2 Å². The highest BCUT2D eigenvalue weighted by Gasteiger charge is 2.13. The second-order valence-corrected chi connectivity index (χ2v) is 4.88. The van der Waals surface area contributed by atoms with E-state index < -0.39 is 0 Å². The van der Waals surface area contributed by atoms with E-state index >= 15 is 0 Å². The average Bonchev–Trinajstić information content (AvgIpc) is 2.92. The third-order valence-electron chi connectivity index (χ3n) is 3.22. The van der Waals surface area contributed by atoms with E-state index in [2.05, 4.69) is 22.2 Å². The van der Waals surface area contributed by atoms with Gasteiger partial charge in [-0.1, -0.05) is 13.3 Å². The zero-order chi connectivity index (χ0) is 14.7. The summed E-state index contributed by atoms with van der Waals surface area (Å²) in [6, 6.07) is 7.04. The van der Waals surface area contributed by atoms with Gasteiger partial charge in [-0.05, 0) is 25.0 Å². The molecule has 0 spiro atoms. The summed E-state index contributed by atoms with van der Waals surface area (Å²) in [6.07, 6.45) is 2.88. The number of fused-ring (bicyclic) bond motifs is 1. The van der Waals surface area contributed by atoms with Gasteiger partial charge in [0, 0.05) is 23.5 Å². The van der Waals surface area contributed by atoms with Gasteiger partial charge in [0.1, 0.15) is 0 Å². The Kier molecular flexibility index (Phi) is 3.77. The van der Waals surface area contributed by atoms with Crippen LogP contribution in [0.2, 0.25) is 0 Å². The third-order valence-corrected chi connectivity index (χ3v) is 3.22. The van der Waals surface area contributed by atoms with E-state index in [1.54, 1.807) is 6.07 Å². The van der Waals surface area contributed by atoms with Crippen molar-refractivity contribution in [2.75, 3.05) is 12.1 Å². The lowest BCUT2D eigenvalue weighted by molar-refractivity contribution is 0.174. The van der Waals surface area contributed by atoms with E-state index in [0.717, 1.165) is 36.4 Å². The standard InChI is InChI=1S/C15H17N3O3/c1-2-3-4-10-8-14(19)18-15(16-10)17-11-5-6-12-13(7-11)21-9-20-12/h5-8H,2-4,9H2,1H3,(H2,16,17,18,19). The van der Waals surface area contributed by atoms with Gasteiger partial charge in [-0.2, -0.15) is 0 Å². The van der Waals surface area contributed by atoms with E-state index in [0.29, 0.717) is 11.7 Å². The van der Waals surface area contributed by atoms with E-state index in [-0.39, 0.29) is 12.4 Å². The highest BCUT2D eigenvalue weighted by atomic mass is 16.7. The van der Waals surface area contributed by atoms with Crippen LogP contribution in [0.25, 0.3) is 0 Å². The molecule has 21 heavy (non-hydrogen) atoms. The first-order valence-corrected chi connectivity index (χ1v) is 7.01. The highest BCUT2D eigenvalue weighted by Crippen LogP contribution is 2.34. The number of aromatic nitrogens is 2. The van der Waals surface area contributed by atoms with Gasteiger partial charge < -0.3 is 14.8 Å². The molecule has 1 aromatic carbocycles. The summed E-state index contributed by atoms with van der Waals surface area (Å²) in [5, 5.41) is 3.09. The fourth-order valence-corrected chi connectivity index (χ4v) is 2.16. The number of nitrogens with zero attached hydrogens (tertiary/aromatic N) is 1. The summed E-state index contributed by atoms with van der Waals surface area (Å²) in [4.78, 5) is 18.8. The number of H-pyrrole nitrogens is 1. The van der Waals surface area contributed by atoms with E-state index in [4.69, 9.17) is 9.47 Å². The first-order chi connectivity index (χ1) is 10.2. The number of aryl methyl sites for hydroxylation is 1. The molecular weight excluding hydrogens is 270 g/mol. The minimum Gasteiger partial charge on any atom is -0.454 e. The fourth-order valence-electron chi connectivity index (χ4n) is 2.16. The molecule has 1 aromatic heterocycles. The van der Waals surface area contributed by atoms with Crippen LogP contribution in [0, 0.1) is 0 Å². The van der Waals surface area contributed by atoms with Crippen molar-refractivity contribution in [3.05, 3.63) is 40.3 Å². The number of rotatable bonds is 5. The van der Waals surface area contributed by atoms with Gasteiger partial charge in [-0.15, -0.1) is 0 Å². The maximum absolute atomic E-state index is 11.7. The van der Waals surface area contributed by atoms with Crippen molar-refractivity contribution in [1.29, 1.82) is 0 Å². The van der Waals surface area contributed by atoms with Crippen LogP contribution in [0.5, 0.6) is 11.5 Å². The van der Waals surface area contributed by atoms with Gasteiger partial charge in [0.2, 0.25) is 12.7 Å². The molecule has 2 N–H and O–H groups in total. The van der Waals surface area contributed by atoms with Gasteiger partial charge in [-0.25, -0.2) is 4.98 Å². The normalized spacial score (nSPS) is 12.4. The molecule has 0 radical (unpaired) electrons. The molecule has 1 aliphatic rings. The second kappa shape index (κ2) is 5.87. The zero-order valence-corrected chi connectivity index (χ0v) is 11.8. The Balaban J connectivity index is 1.81. The molecule has 110 valence electrons. The molecule has 0 saturated heterocycles. The maximum atomic E-state index is 11.7. The molecular formula is C15H17N3O3. The number of anilines is 2. The molecule has 0 fully saturated rings. The maximum Gasteiger partial charge on any atom is 0.252 e. The smallest absolute Gasteiger partial charge is 0.252 e. The van der Waals surface area contributed by atoms with Crippen LogP contribution >= 0.6 is 0 Å².